The van der Waals surface area contributed by atoms with Gasteiger partial charge in [-0.15, -0.1) is 0 Å². The number of rotatable bonds is 4. The van der Waals surface area contributed by atoms with Gasteiger partial charge in [-0.05, 0) is 44.8 Å². The molecule has 1 aromatic rings. The Bertz CT molecular complexity index is 464. The molecule has 2 fully saturated rings. The Hall–Kier alpha value is -1.49. The van der Waals surface area contributed by atoms with Crippen LogP contribution >= 0.6 is 0 Å². The standard InChI is InChI=1S/C16H24N4O/c21-15(14-6-9-18-19-12-14)17-13-16(7-2-3-8-16)20-10-4-1-5-11-20/h6,9,12H,1-5,7-8,10-11,13H2,(H,17,21). The highest BCUT2D eigenvalue weighted by atomic mass is 16.1. The largest absolute Gasteiger partial charge is 0.350 e. The van der Waals surface area contributed by atoms with Crippen molar-refractivity contribution in [1.29, 1.82) is 0 Å². The predicted molar refractivity (Wildman–Crippen MR) is 81.0 cm³/mol. The minimum atomic E-state index is -0.0341. The second-order valence-corrected chi connectivity index (χ2v) is 6.29. The molecule has 3 rings (SSSR count). The smallest absolute Gasteiger partial charge is 0.253 e. The summed E-state index contributed by atoms with van der Waals surface area (Å²) >= 11 is 0. The van der Waals surface area contributed by atoms with E-state index in [1.165, 1.54) is 64.2 Å². The van der Waals surface area contributed by atoms with Gasteiger partial charge in [0.25, 0.3) is 5.91 Å². The number of likely N-dealkylation sites (tertiary alicyclic amines) is 1. The van der Waals surface area contributed by atoms with Crippen LogP contribution in [-0.4, -0.2) is 46.2 Å². The van der Waals surface area contributed by atoms with E-state index in [0.717, 1.165) is 6.54 Å². The fourth-order valence-corrected chi connectivity index (χ4v) is 3.78. The average Bonchev–Trinajstić information content (AvgIpc) is 3.04. The van der Waals surface area contributed by atoms with Gasteiger partial charge in [0, 0.05) is 12.1 Å². The molecule has 1 saturated heterocycles. The number of carbonyl (C=O) groups excluding carboxylic acids is 1. The summed E-state index contributed by atoms with van der Waals surface area (Å²) in [5, 5.41) is 10.6. The Morgan fingerprint density at radius 2 is 1.90 bits per heavy atom. The quantitative estimate of drug-likeness (QED) is 0.920. The van der Waals surface area contributed by atoms with Gasteiger partial charge in [0.05, 0.1) is 18.0 Å². The van der Waals surface area contributed by atoms with Gasteiger partial charge in [-0.2, -0.15) is 10.2 Å². The van der Waals surface area contributed by atoms with Gasteiger partial charge in [0.2, 0.25) is 0 Å². The lowest BCUT2D eigenvalue weighted by atomic mass is 9.92. The van der Waals surface area contributed by atoms with Crippen molar-refractivity contribution in [1.82, 2.24) is 20.4 Å². The van der Waals surface area contributed by atoms with Crippen LogP contribution in [0.4, 0.5) is 0 Å². The summed E-state index contributed by atoms with van der Waals surface area (Å²) in [6, 6.07) is 1.71. The normalized spacial score (nSPS) is 22.1. The third kappa shape index (κ3) is 3.23. The molecule has 2 heterocycles. The number of nitrogens with one attached hydrogen (secondary N) is 1. The van der Waals surface area contributed by atoms with E-state index >= 15 is 0 Å². The molecule has 0 bridgehead atoms. The SMILES string of the molecule is O=C(NCC1(N2CCCCC2)CCCC1)c1ccnnc1. The fourth-order valence-electron chi connectivity index (χ4n) is 3.78. The van der Waals surface area contributed by atoms with Crippen molar-refractivity contribution in [2.45, 2.75) is 50.5 Å². The maximum Gasteiger partial charge on any atom is 0.253 e. The molecule has 2 aliphatic rings. The van der Waals surface area contributed by atoms with Crippen molar-refractivity contribution < 1.29 is 4.79 Å². The number of nitrogens with zero attached hydrogens (tertiary/aromatic N) is 3. The molecule has 0 atom stereocenters. The molecule has 5 nitrogen and oxygen atoms in total. The van der Waals surface area contributed by atoms with E-state index in [-0.39, 0.29) is 11.4 Å². The molecule has 5 heteroatoms. The second kappa shape index (κ2) is 6.52. The minimum absolute atomic E-state index is 0.0341. The van der Waals surface area contributed by atoms with Crippen LogP contribution in [-0.2, 0) is 0 Å². The monoisotopic (exact) mass is 288 g/mol. The van der Waals surface area contributed by atoms with Gasteiger partial charge >= 0.3 is 0 Å². The molecule has 21 heavy (non-hydrogen) atoms. The lowest BCUT2D eigenvalue weighted by molar-refractivity contribution is 0.0642. The maximum absolute atomic E-state index is 12.2. The number of piperidine rings is 1. The van der Waals surface area contributed by atoms with E-state index < -0.39 is 0 Å². The van der Waals surface area contributed by atoms with Crippen molar-refractivity contribution in [2.75, 3.05) is 19.6 Å². The van der Waals surface area contributed by atoms with Crippen LogP contribution < -0.4 is 5.32 Å². The molecule has 0 spiro atoms. The van der Waals surface area contributed by atoms with E-state index in [0.29, 0.717) is 5.56 Å². The molecule has 1 amide bonds. The lowest BCUT2D eigenvalue weighted by Gasteiger charge is -2.43. The van der Waals surface area contributed by atoms with Crippen molar-refractivity contribution in [2.24, 2.45) is 0 Å². The number of hydrogen-bond donors (Lipinski definition) is 1. The molecule has 1 N–H and O–H groups in total. The number of amides is 1. The first-order valence-electron chi connectivity index (χ1n) is 8.10. The van der Waals surface area contributed by atoms with Crippen molar-refractivity contribution in [3.63, 3.8) is 0 Å². The Labute approximate surface area is 126 Å². The van der Waals surface area contributed by atoms with Gasteiger partial charge in [-0.1, -0.05) is 19.3 Å². The molecule has 0 radical (unpaired) electrons. The first-order chi connectivity index (χ1) is 10.3. The molecule has 0 unspecified atom stereocenters. The molecule has 1 aliphatic heterocycles. The molecule has 0 aromatic carbocycles. The lowest BCUT2D eigenvalue weighted by Crippen LogP contribution is -2.55. The van der Waals surface area contributed by atoms with Crippen LogP contribution in [0.1, 0.15) is 55.3 Å². The Balaban J connectivity index is 1.64. The summed E-state index contributed by atoms with van der Waals surface area (Å²) in [5.74, 6) is -0.0341. The third-order valence-corrected chi connectivity index (χ3v) is 4.99. The average molecular weight is 288 g/mol. The Kier molecular flexibility index (Phi) is 4.48. The zero-order chi connectivity index (χ0) is 14.5. The van der Waals surface area contributed by atoms with Crippen LogP contribution in [0, 0.1) is 0 Å². The minimum Gasteiger partial charge on any atom is -0.350 e. The van der Waals surface area contributed by atoms with Crippen LogP contribution in [0.3, 0.4) is 0 Å². The Morgan fingerprint density at radius 3 is 2.57 bits per heavy atom. The first kappa shape index (κ1) is 14.4. The Morgan fingerprint density at radius 1 is 1.14 bits per heavy atom. The van der Waals surface area contributed by atoms with Crippen LogP contribution in [0.25, 0.3) is 0 Å². The predicted octanol–water partition coefficient (Wildman–Crippen LogP) is 2.01. The van der Waals surface area contributed by atoms with Crippen molar-refractivity contribution in [3.05, 3.63) is 24.0 Å². The summed E-state index contributed by atoms with van der Waals surface area (Å²) in [6.07, 6.45) is 12.0. The zero-order valence-corrected chi connectivity index (χ0v) is 12.6. The van der Waals surface area contributed by atoms with Gasteiger partial charge < -0.3 is 5.32 Å². The summed E-state index contributed by atoms with van der Waals surface area (Å²) in [6.45, 7) is 3.13. The summed E-state index contributed by atoms with van der Waals surface area (Å²) in [5.41, 5.74) is 0.785. The number of hydrogen-bond acceptors (Lipinski definition) is 4. The third-order valence-electron chi connectivity index (χ3n) is 4.99. The van der Waals surface area contributed by atoms with E-state index in [1.807, 2.05) is 0 Å². The highest BCUT2D eigenvalue weighted by Gasteiger charge is 2.40. The topological polar surface area (TPSA) is 58.1 Å². The number of aromatic nitrogens is 2. The van der Waals surface area contributed by atoms with E-state index in [9.17, 15) is 4.79 Å². The van der Waals surface area contributed by atoms with Gasteiger partial charge in [-0.25, -0.2) is 0 Å². The van der Waals surface area contributed by atoms with Gasteiger partial charge in [0.15, 0.2) is 0 Å². The number of carbonyl (C=O) groups is 1. The van der Waals surface area contributed by atoms with Crippen molar-refractivity contribution in [3.8, 4) is 0 Å². The first-order valence-corrected chi connectivity index (χ1v) is 8.10. The van der Waals surface area contributed by atoms with Crippen LogP contribution in [0.2, 0.25) is 0 Å². The highest BCUT2D eigenvalue weighted by Crippen LogP contribution is 2.36. The summed E-state index contributed by atoms with van der Waals surface area (Å²) in [7, 11) is 0. The summed E-state index contributed by atoms with van der Waals surface area (Å²) in [4.78, 5) is 14.9. The molecule has 1 saturated carbocycles. The molecule has 114 valence electrons. The highest BCUT2D eigenvalue weighted by molar-refractivity contribution is 5.93. The molecular formula is C16H24N4O. The fraction of sp³-hybridized carbons (Fsp3) is 0.688. The summed E-state index contributed by atoms with van der Waals surface area (Å²) < 4.78 is 0. The molecule has 1 aliphatic carbocycles. The molecular weight excluding hydrogens is 264 g/mol. The van der Waals surface area contributed by atoms with Crippen LogP contribution in [0.15, 0.2) is 18.5 Å². The maximum atomic E-state index is 12.2. The van der Waals surface area contributed by atoms with Crippen LogP contribution in [0.5, 0.6) is 0 Å². The van der Waals surface area contributed by atoms with E-state index in [1.54, 1.807) is 12.3 Å². The molecule has 1 aromatic heterocycles. The van der Waals surface area contributed by atoms with E-state index in [2.05, 4.69) is 20.4 Å². The van der Waals surface area contributed by atoms with Gasteiger partial charge in [-0.3, -0.25) is 9.69 Å². The second-order valence-electron chi connectivity index (χ2n) is 6.29. The van der Waals surface area contributed by atoms with E-state index in [4.69, 9.17) is 0 Å². The van der Waals surface area contributed by atoms with Gasteiger partial charge in [0.1, 0.15) is 0 Å². The zero-order valence-electron chi connectivity index (χ0n) is 12.6. The van der Waals surface area contributed by atoms with Crippen molar-refractivity contribution >= 4 is 5.91 Å².